The standard InChI is InChI=1S/C12H15N3S/c1-16-10-9-15-8-7-13-12(15)14-11-5-3-2-4-6-11/h2-8H,9-10H2,1H3,(H,13,14). The van der Waals surface area contributed by atoms with Crippen LogP contribution in [0.1, 0.15) is 0 Å². The number of nitrogens with zero attached hydrogens (tertiary/aromatic N) is 2. The smallest absolute Gasteiger partial charge is 0.207 e. The second kappa shape index (κ2) is 5.61. The van der Waals surface area contributed by atoms with E-state index in [2.05, 4.69) is 21.1 Å². The molecule has 2 aromatic rings. The molecule has 2 rings (SSSR count). The Morgan fingerprint density at radius 3 is 2.88 bits per heavy atom. The SMILES string of the molecule is CSCCn1ccnc1Nc1ccccc1. The minimum atomic E-state index is 0.903. The Morgan fingerprint density at radius 1 is 1.31 bits per heavy atom. The number of imidazole rings is 1. The van der Waals surface area contributed by atoms with Crippen LogP contribution in [-0.2, 0) is 6.54 Å². The van der Waals surface area contributed by atoms with Crippen molar-refractivity contribution in [3.63, 3.8) is 0 Å². The van der Waals surface area contributed by atoms with Gasteiger partial charge in [-0.15, -0.1) is 0 Å². The number of aromatic nitrogens is 2. The first-order chi connectivity index (χ1) is 7.90. The summed E-state index contributed by atoms with van der Waals surface area (Å²) in [6.07, 6.45) is 5.94. The maximum atomic E-state index is 4.31. The number of thioether (sulfide) groups is 1. The van der Waals surface area contributed by atoms with Crippen LogP contribution < -0.4 is 5.32 Å². The molecule has 1 N–H and O–H groups in total. The minimum Gasteiger partial charge on any atom is -0.326 e. The van der Waals surface area contributed by atoms with Crippen LogP contribution in [0.15, 0.2) is 42.7 Å². The first kappa shape index (κ1) is 11.1. The molecule has 3 nitrogen and oxygen atoms in total. The van der Waals surface area contributed by atoms with Gasteiger partial charge in [-0.2, -0.15) is 11.8 Å². The highest BCUT2D eigenvalue weighted by molar-refractivity contribution is 7.98. The molecule has 16 heavy (non-hydrogen) atoms. The summed E-state index contributed by atoms with van der Waals surface area (Å²) in [6.45, 7) is 0.982. The van der Waals surface area contributed by atoms with Gasteiger partial charge in [-0.1, -0.05) is 18.2 Å². The fraction of sp³-hybridized carbons (Fsp3) is 0.250. The Kier molecular flexibility index (Phi) is 3.88. The monoisotopic (exact) mass is 233 g/mol. The Morgan fingerprint density at radius 2 is 2.12 bits per heavy atom. The minimum absolute atomic E-state index is 0.903. The third kappa shape index (κ3) is 2.79. The van der Waals surface area contributed by atoms with E-state index in [-0.39, 0.29) is 0 Å². The molecular formula is C12H15N3S. The molecule has 0 aliphatic carbocycles. The average molecular weight is 233 g/mol. The van der Waals surface area contributed by atoms with Crippen LogP contribution in [-0.4, -0.2) is 21.6 Å². The summed E-state index contributed by atoms with van der Waals surface area (Å²) in [5, 5.41) is 3.30. The first-order valence-corrected chi connectivity index (χ1v) is 6.61. The van der Waals surface area contributed by atoms with Crippen molar-refractivity contribution >= 4 is 23.4 Å². The van der Waals surface area contributed by atoms with Crippen molar-refractivity contribution in [1.82, 2.24) is 9.55 Å². The molecular weight excluding hydrogens is 218 g/mol. The first-order valence-electron chi connectivity index (χ1n) is 5.22. The maximum absolute atomic E-state index is 4.31. The van der Waals surface area contributed by atoms with Crippen molar-refractivity contribution in [3.8, 4) is 0 Å². The van der Waals surface area contributed by atoms with E-state index in [0.717, 1.165) is 23.9 Å². The number of hydrogen-bond acceptors (Lipinski definition) is 3. The van der Waals surface area contributed by atoms with Crippen molar-refractivity contribution < 1.29 is 0 Å². The Labute approximate surface area is 99.9 Å². The number of para-hydroxylation sites is 1. The van der Waals surface area contributed by atoms with Gasteiger partial charge in [0, 0.05) is 30.4 Å². The molecule has 0 aliphatic rings. The molecule has 0 aliphatic heterocycles. The quantitative estimate of drug-likeness (QED) is 0.861. The van der Waals surface area contributed by atoms with E-state index in [0.29, 0.717) is 0 Å². The van der Waals surface area contributed by atoms with E-state index in [1.54, 1.807) is 0 Å². The highest BCUT2D eigenvalue weighted by atomic mass is 32.2. The third-order valence-electron chi connectivity index (χ3n) is 2.28. The second-order valence-corrected chi connectivity index (χ2v) is 4.41. The lowest BCUT2D eigenvalue weighted by Crippen LogP contribution is -2.04. The second-order valence-electron chi connectivity index (χ2n) is 3.43. The van der Waals surface area contributed by atoms with E-state index in [1.807, 2.05) is 54.5 Å². The Bertz CT molecular complexity index is 425. The van der Waals surface area contributed by atoms with Gasteiger partial charge in [0.2, 0.25) is 5.95 Å². The van der Waals surface area contributed by atoms with E-state index in [1.165, 1.54) is 0 Å². The zero-order valence-electron chi connectivity index (χ0n) is 9.26. The number of aryl methyl sites for hydroxylation is 1. The highest BCUT2D eigenvalue weighted by Crippen LogP contribution is 2.14. The van der Waals surface area contributed by atoms with Crippen LogP contribution in [0.4, 0.5) is 11.6 Å². The lowest BCUT2D eigenvalue weighted by atomic mass is 10.3. The van der Waals surface area contributed by atoms with E-state index < -0.39 is 0 Å². The van der Waals surface area contributed by atoms with E-state index in [9.17, 15) is 0 Å². The van der Waals surface area contributed by atoms with Gasteiger partial charge in [-0.3, -0.25) is 0 Å². The van der Waals surface area contributed by atoms with Crippen LogP contribution in [0.3, 0.4) is 0 Å². The molecule has 0 unspecified atom stereocenters. The molecule has 0 fully saturated rings. The number of nitrogens with one attached hydrogen (secondary N) is 1. The van der Waals surface area contributed by atoms with Crippen LogP contribution in [0.2, 0.25) is 0 Å². The van der Waals surface area contributed by atoms with Crippen molar-refractivity contribution in [2.24, 2.45) is 0 Å². The van der Waals surface area contributed by atoms with Crippen molar-refractivity contribution in [2.75, 3.05) is 17.3 Å². The molecule has 0 radical (unpaired) electrons. The van der Waals surface area contributed by atoms with Crippen LogP contribution >= 0.6 is 11.8 Å². The van der Waals surface area contributed by atoms with E-state index in [4.69, 9.17) is 0 Å². The molecule has 1 heterocycles. The fourth-order valence-corrected chi connectivity index (χ4v) is 1.83. The normalized spacial score (nSPS) is 10.3. The molecule has 0 bridgehead atoms. The van der Waals surface area contributed by atoms with Gasteiger partial charge in [-0.05, 0) is 18.4 Å². The highest BCUT2D eigenvalue weighted by Gasteiger charge is 2.01. The van der Waals surface area contributed by atoms with Crippen LogP contribution in [0.25, 0.3) is 0 Å². The number of rotatable bonds is 5. The largest absolute Gasteiger partial charge is 0.326 e. The fourth-order valence-electron chi connectivity index (χ4n) is 1.45. The molecule has 84 valence electrons. The Hall–Kier alpha value is -1.42. The summed E-state index contributed by atoms with van der Waals surface area (Å²) in [5.74, 6) is 2.00. The van der Waals surface area contributed by atoms with E-state index >= 15 is 0 Å². The number of anilines is 2. The van der Waals surface area contributed by atoms with Gasteiger partial charge in [0.15, 0.2) is 0 Å². The lowest BCUT2D eigenvalue weighted by molar-refractivity contribution is 0.781. The van der Waals surface area contributed by atoms with Crippen LogP contribution in [0.5, 0.6) is 0 Å². The summed E-state index contributed by atoms with van der Waals surface area (Å²) in [6, 6.07) is 10.1. The van der Waals surface area contributed by atoms with Crippen molar-refractivity contribution in [2.45, 2.75) is 6.54 Å². The average Bonchev–Trinajstić information content (AvgIpc) is 2.75. The van der Waals surface area contributed by atoms with Crippen LogP contribution in [0, 0.1) is 0 Å². The molecule has 0 saturated carbocycles. The number of hydrogen-bond donors (Lipinski definition) is 1. The van der Waals surface area contributed by atoms with Gasteiger partial charge in [0.25, 0.3) is 0 Å². The molecule has 1 aromatic heterocycles. The van der Waals surface area contributed by atoms with Crippen molar-refractivity contribution in [1.29, 1.82) is 0 Å². The van der Waals surface area contributed by atoms with Gasteiger partial charge in [0.1, 0.15) is 0 Å². The predicted molar refractivity (Wildman–Crippen MR) is 70.3 cm³/mol. The predicted octanol–water partition coefficient (Wildman–Crippen LogP) is 2.99. The zero-order valence-corrected chi connectivity index (χ0v) is 10.1. The molecule has 4 heteroatoms. The molecule has 0 saturated heterocycles. The third-order valence-corrected chi connectivity index (χ3v) is 2.87. The van der Waals surface area contributed by atoms with Gasteiger partial charge < -0.3 is 9.88 Å². The summed E-state index contributed by atoms with van der Waals surface area (Å²) in [5.41, 5.74) is 1.07. The number of benzene rings is 1. The molecule has 0 amide bonds. The summed E-state index contributed by atoms with van der Waals surface area (Å²) < 4.78 is 2.13. The summed E-state index contributed by atoms with van der Waals surface area (Å²) in [7, 11) is 0. The Balaban J connectivity index is 2.07. The summed E-state index contributed by atoms with van der Waals surface area (Å²) >= 11 is 1.84. The molecule has 1 aromatic carbocycles. The lowest BCUT2D eigenvalue weighted by Gasteiger charge is -2.08. The van der Waals surface area contributed by atoms with Gasteiger partial charge >= 0.3 is 0 Å². The van der Waals surface area contributed by atoms with Gasteiger partial charge in [0.05, 0.1) is 0 Å². The van der Waals surface area contributed by atoms with Gasteiger partial charge in [-0.25, -0.2) is 4.98 Å². The molecule has 0 atom stereocenters. The van der Waals surface area contributed by atoms with Crippen molar-refractivity contribution in [3.05, 3.63) is 42.7 Å². The molecule has 0 spiro atoms. The zero-order chi connectivity index (χ0) is 11.2. The topological polar surface area (TPSA) is 29.9 Å². The maximum Gasteiger partial charge on any atom is 0.207 e. The summed E-state index contributed by atoms with van der Waals surface area (Å²) in [4.78, 5) is 4.31.